The van der Waals surface area contributed by atoms with E-state index in [2.05, 4.69) is 21.2 Å². The summed E-state index contributed by atoms with van der Waals surface area (Å²) in [7, 11) is 0. The third kappa shape index (κ3) is 3.49. The van der Waals surface area contributed by atoms with Crippen molar-refractivity contribution in [2.75, 3.05) is 5.32 Å². The summed E-state index contributed by atoms with van der Waals surface area (Å²) in [6.07, 6.45) is 0. The predicted molar refractivity (Wildman–Crippen MR) is 80.9 cm³/mol. The van der Waals surface area contributed by atoms with Gasteiger partial charge in [-0.25, -0.2) is 4.39 Å². The lowest BCUT2D eigenvalue weighted by atomic mass is 10.1. The van der Waals surface area contributed by atoms with E-state index >= 15 is 0 Å². The molecule has 0 amide bonds. The first-order chi connectivity index (χ1) is 9.88. The first-order valence-electron chi connectivity index (χ1n) is 6.07. The Morgan fingerprint density at radius 1 is 1.33 bits per heavy atom. The number of nitrogens with zero attached hydrogens (tertiary/aromatic N) is 1. The number of hydrogen-bond donors (Lipinski definition) is 2. The van der Waals surface area contributed by atoms with Crippen molar-refractivity contribution in [3.63, 3.8) is 0 Å². The summed E-state index contributed by atoms with van der Waals surface area (Å²) in [6, 6.07) is 7.87. The van der Waals surface area contributed by atoms with E-state index in [-0.39, 0.29) is 11.4 Å². The minimum Gasteiger partial charge on any atom is -0.507 e. The number of hydrogen-bond acceptors (Lipinski definition) is 4. The minimum atomic E-state index is -0.543. The van der Waals surface area contributed by atoms with E-state index in [0.717, 1.165) is 6.07 Å². The number of halogens is 2. The van der Waals surface area contributed by atoms with Gasteiger partial charge in [0.1, 0.15) is 17.3 Å². The van der Waals surface area contributed by atoms with Gasteiger partial charge in [-0.15, -0.1) is 0 Å². The number of nitro groups is 1. The Labute approximate surface area is 128 Å². The summed E-state index contributed by atoms with van der Waals surface area (Å²) in [5.74, 6) is -0.743. The van der Waals surface area contributed by atoms with Crippen molar-refractivity contribution < 1.29 is 14.4 Å². The number of aromatic hydroxyl groups is 1. The normalized spacial score (nSPS) is 12.0. The van der Waals surface area contributed by atoms with Gasteiger partial charge in [0.25, 0.3) is 5.69 Å². The fourth-order valence-corrected chi connectivity index (χ4v) is 2.32. The highest BCUT2D eigenvalue weighted by Crippen LogP contribution is 2.33. The molecule has 0 spiro atoms. The van der Waals surface area contributed by atoms with Crippen LogP contribution in [0.25, 0.3) is 0 Å². The molecule has 2 aromatic rings. The molecule has 0 aliphatic carbocycles. The van der Waals surface area contributed by atoms with Gasteiger partial charge in [-0.3, -0.25) is 10.1 Å². The fraction of sp³-hybridized carbons (Fsp3) is 0.143. The van der Waals surface area contributed by atoms with Crippen molar-refractivity contribution >= 4 is 27.3 Å². The fourth-order valence-electron chi connectivity index (χ4n) is 1.97. The van der Waals surface area contributed by atoms with Gasteiger partial charge >= 0.3 is 0 Å². The lowest BCUT2D eigenvalue weighted by Gasteiger charge is -2.17. The quantitative estimate of drug-likeness (QED) is 0.631. The van der Waals surface area contributed by atoms with Crippen molar-refractivity contribution in [1.29, 1.82) is 0 Å². The minimum absolute atomic E-state index is 0.0853. The highest BCUT2D eigenvalue weighted by Gasteiger charge is 2.18. The zero-order valence-electron chi connectivity index (χ0n) is 11.0. The van der Waals surface area contributed by atoms with Crippen LogP contribution in [0.5, 0.6) is 5.75 Å². The maximum absolute atomic E-state index is 13.0. The molecule has 0 radical (unpaired) electrons. The number of anilines is 1. The second kappa shape index (κ2) is 6.09. The van der Waals surface area contributed by atoms with Crippen LogP contribution in [-0.4, -0.2) is 10.0 Å². The number of nitro benzene ring substituents is 1. The summed E-state index contributed by atoms with van der Waals surface area (Å²) >= 11 is 3.18. The summed E-state index contributed by atoms with van der Waals surface area (Å²) < 4.78 is 13.6. The first kappa shape index (κ1) is 15.2. The lowest BCUT2D eigenvalue weighted by molar-refractivity contribution is -0.384. The topological polar surface area (TPSA) is 75.4 Å². The molecule has 7 heteroatoms. The van der Waals surface area contributed by atoms with E-state index in [9.17, 15) is 19.6 Å². The van der Waals surface area contributed by atoms with Gasteiger partial charge in [-0.05, 0) is 25.1 Å². The van der Waals surface area contributed by atoms with Crippen LogP contribution in [0.15, 0.2) is 40.9 Å². The summed E-state index contributed by atoms with van der Waals surface area (Å²) in [6.45, 7) is 1.72. The molecule has 21 heavy (non-hydrogen) atoms. The molecule has 0 aliphatic heterocycles. The third-order valence-corrected chi connectivity index (χ3v) is 3.48. The van der Waals surface area contributed by atoms with E-state index in [0.29, 0.717) is 15.7 Å². The van der Waals surface area contributed by atoms with Crippen molar-refractivity contribution in [1.82, 2.24) is 0 Å². The zero-order valence-corrected chi connectivity index (χ0v) is 12.6. The Kier molecular flexibility index (Phi) is 4.42. The molecule has 0 bridgehead atoms. The Hall–Kier alpha value is -2.15. The molecular formula is C14H12BrFN2O3. The van der Waals surface area contributed by atoms with Crippen molar-refractivity contribution in [2.24, 2.45) is 0 Å². The molecule has 2 aromatic carbocycles. The number of nitrogens with one attached hydrogen (secondary N) is 1. The molecule has 0 aromatic heterocycles. The largest absolute Gasteiger partial charge is 0.507 e. The molecule has 5 nitrogen and oxygen atoms in total. The average molecular weight is 355 g/mol. The molecule has 110 valence electrons. The number of phenolic OH excluding ortho intramolecular Hbond substituents is 1. The second-order valence-electron chi connectivity index (χ2n) is 4.49. The third-order valence-electron chi connectivity index (χ3n) is 2.99. The van der Waals surface area contributed by atoms with Gasteiger partial charge in [0.2, 0.25) is 0 Å². The molecule has 0 saturated heterocycles. The highest BCUT2D eigenvalue weighted by molar-refractivity contribution is 9.10. The highest BCUT2D eigenvalue weighted by atomic mass is 79.9. The number of rotatable bonds is 4. The molecule has 2 rings (SSSR count). The molecule has 0 saturated carbocycles. The van der Waals surface area contributed by atoms with E-state index in [1.165, 1.54) is 18.2 Å². The van der Waals surface area contributed by atoms with E-state index in [4.69, 9.17) is 0 Å². The molecule has 1 unspecified atom stereocenters. The van der Waals surface area contributed by atoms with Crippen LogP contribution < -0.4 is 5.32 Å². The van der Waals surface area contributed by atoms with Crippen LogP contribution in [0.4, 0.5) is 15.8 Å². The summed E-state index contributed by atoms with van der Waals surface area (Å²) in [5.41, 5.74) is 0.686. The maximum atomic E-state index is 13.0. The predicted octanol–water partition coefficient (Wildman–Crippen LogP) is 4.38. The van der Waals surface area contributed by atoms with Gasteiger partial charge in [0.05, 0.1) is 11.0 Å². The van der Waals surface area contributed by atoms with Crippen LogP contribution in [0, 0.1) is 15.9 Å². The van der Waals surface area contributed by atoms with Gasteiger partial charge in [0, 0.05) is 22.2 Å². The SMILES string of the molecule is CC(Nc1ccc(Br)cc1[N+](=O)[O-])c1ccc(F)cc1O. The van der Waals surface area contributed by atoms with Crippen molar-refractivity contribution in [3.05, 3.63) is 62.4 Å². The van der Waals surface area contributed by atoms with Gasteiger partial charge in [0.15, 0.2) is 0 Å². The smallest absolute Gasteiger partial charge is 0.293 e. The van der Waals surface area contributed by atoms with Gasteiger partial charge in [-0.2, -0.15) is 0 Å². The van der Waals surface area contributed by atoms with Gasteiger partial charge < -0.3 is 10.4 Å². The van der Waals surface area contributed by atoms with Crippen LogP contribution >= 0.6 is 15.9 Å². The Morgan fingerprint density at radius 2 is 2.05 bits per heavy atom. The molecular weight excluding hydrogens is 343 g/mol. The average Bonchev–Trinajstić information content (AvgIpc) is 2.40. The number of phenols is 1. The van der Waals surface area contributed by atoms with E-state index in [1.54, 1.807) is 19.1 Å². The lowest BCUT2D eigenvalue weighted by Crippen LogP contribution is -2.08. The molecule has 0 aliphatic rings. The summed E-state index contributed by atoms with van der Waals surface area (Å²) in [5, 5.41) is 23.7. The molecule has 0 fully saturated rings. The van der Waals surface area contributed by atoms with E-state index < -0.39 is 16.8 Å². The van der Waals surface area contributed by atoms with E-state index in [1.807, 2.05) is 0 Å². The molecule has 1 atom stereocenters. The Bertz CT molecular complexity index is 694. The van der Waals surface area contributed by atoms with Crippen LogP contribution in [0.2, 0.25) is 0 Å². The maximum Gasteiger partial charge on any atom is 0.293 e. The van der Waals surface area contributed by atoms with Crippen LogP contribution in [0.1, 0.15) is 18.5 Å². The van der Waals surface area contributed by atoms with Crippen molar-refractivity contribution in [2.45, 2.75) is 13.0 Å². The zero-order chi connectivity index (χ0) is 15.6. The van der Waals surface area contributed by atoms with Crippen LogP contribution in [-0.2, 0) is 0 Å². The summed E-state index contributed by atoms with van der Waals surface area (Å²) in [4.78, 5) is 10.6. The first-order valence-corrected chi connectivity index (χ1v) is 6.86. The second-order valence-corrected chi connectivity index (χ2v) is 5.40. The molecule has 2 N–H and O–H groups in total. The van der Waals surface area contributed by atoms with Crippen molar-refractivity contribution in [3.8, 4) is 5.75 Å². The monoisotopic (exact) mass is 354 g/mol. The standard InChI is InChI=1S/C14H12BrFN2O3/c1-8(11-4-3-10(16)7-14(11)19)17-12-5-2-9(15)6-13(12)18(20)21/h2-8,17,19H,1H3. The number of benzene rings is 2. The Balaban J connectivity index is 2.31. The Morgan fingerprint density at radius 3 is 2.67 bits per heavy atom. The van der Waals surface area contributed by atoms with Crippen LogP contribution in [0.3, 0.4) is 0 Å². The molecule has 0 heterocycles. The van der Waals surface area contributed by atoms with Gasteiger partial charge in [-0.1, -0.05) is 22.0 Å².